The lowest BCUT2D eigenvalue weighted by Gasteiger charge is -2.20. The number of rotatable bonds is 7. The summed E-state index contributed by atoms with van der Waals surface area (Å²) in [5.41, 5.74) is 2.38. The molecule has 2 N–H and O–H groups in total. The predicted molar refractivity (Wildman–Crippen MR) is 123 cm³/mol. The van der Waals surface area contributed by atoms with Gasteiger partial charge < -0.3 is 20.1 Å². The van der Waals surface area contributed by atoms with Gasteiger partial charge in [-0.1, -0.05) is 46.3 Å². The van der Waals surface area contributed by atoms with Crippen molar-refractivity contribution in [2.75, 3.05) is 25.1 Å². The number of benzene rings is 2. The van der Waals surface area contributed by atoms with Gasteiger partial charge >= 0.3 is 5.97 Å². The van der Waals surface area contributed by atoms with Gasteiger partial charge in [0.2, 0.25) is 5.91 Å². The summed E-state index contributed by atoms with van der Waals surface area (Å²) < 4.78 is 8.36. The van der Waals surface area contributed by atoms with E-state index in [2.05, 4.69) is 26.3 Å². The van der Waals surface area contributed by atoms with Crippen molar-refractivity contribution >= 4 is 33.5 Å². The van der Waals surface area contributed by atoms with Crippen molar-refractivity contribution in [1.82, 2.24) is 15.1 Å². The van der Waals surface area contributed by atoms with E-state index in [9.17, 15) is 14.7 Å². The third-order valence-electron chi connectivity index (χ3n) is 5.33. The molecule has 2 heterocycles. The summed E-state index contributed by atoms with van der Waals surface area (Å²) in [7, 11) is 1.72. The Kier molecular flexibility index (Phi) is 6.57. The topological polar surface area (TPSA) is 96.7 Å². The van der Waals surface area contributed by atoms with E-state index in [0.29, 0.717) is 36.5 Å². The van der Waals surface area contributed by atoms with Crippen LogP contribution >= 0.6 is 15.9 Å². The Hall–Kier alpha value is -3.17. The number of halogens is 1. The summed E-state index contributed by atoms with van der Waals surface area (Å²) in [6, 6.07) is 14.7. The number of hydrogen-bond acceptors (Lipinski definition) is 5. The molecule has 0 fully saturated rings. The highest BCUT2D eigenvalue weighted by atomic mass is 79.9. The number of hydrogen-bond donors (Lipinski definition) is 2. The average Bonchev–Trinajstić information content (AvgIpc) is 3.14. The molecule has 32 heavy (non-hydrogen) atoms. The lowest BCUT2D eigenvalue weighted by atomic mass is 10.1. The number of amides is 1. The Bertz CT molecular complexity index is 1130. The molecule has 0 bridgehead atoms. The molecular formula is C23H23BrN4O4. The van der Waals surface area contributed by atoms with Gasteiger partial charge in [-0.3, -0.25) is 9.48 Å². The number of aromatic carboxylic acids is 1. The molecule has 3 aromatic rings. The Morgan fingerprint density at radius 2 is 2.06 bits per heavy atom. The molecule has 8 nitrogen and oxygen atoms in total. The van der Waals surface area contributed by atoms with Crippen LogP contribution in [0, 0.1) is 0 Å². The molecule has 1 aliphatic rings. The number of fused-ring (bicyclic) bond motifs is 1. The molecule has 1 amide bonds. The van der Waals surface area contributed by atoms with Gasteiger partial charge in [-0.15, -0.1) is 0 Å². The summed E-state index contributed by atoms with van der Waals surface area (Å²) in [6.45, 7) is 1.08. The van der Waals surface area contributed by atoms with Gasteiger partial charge in [-0.05, 0) is 30.2 Å². The second kappa shape index (κ2) is 9.54. The molecule has 4 rings (SSSR count). The van der Waals surface area contributed by atoms with E-state index in [1.54, 1.807) is 22.8 Å². The van der Waals surface area contributed by atoms with Crippen LogP contribution in [-0.4, -0.2) is 53.0 Å². The highest BCUT2D eigenvalue weighted by molar-refractivity contribution is 9.10. The monoisotopic (exact) mass is 498 g/mol. The molecule has 1 aromatic heterocycles. The van der Waals surface area contributed by atoms with E-state index >= 15 is 0 Å². The minimum absolute atomic E-state index is 0.0283. The molecule has 0 spiro atoms. The van der Waals surface area contributed by atoms with Crippen LogP contribution in [0.2, 0.25) is 0 Å². The number of ether oxygens (including phenoxy) is 1. The van der Waals surface area contributed by atoms with Crippen molar-refractivity contribution in [3.05, 3.63) is 76.0 Å². The third kappa shape index (κ3) is 4.84. The zero-order chi connectivity index (χ0) is 22.7. The number of nitrogens with one attached hydrogen (secondary N) is 1. The Morgan fingerprint density at radius 1 is 1.28 bits per heavy atom. The molecule has 2 aromatic carbocycles. The van der Waals surface area contributed by atoms with Crippen molar-refractivity contribution in [1.29, 1.82) is 0 Å². The quantitative estimate of drug-likeness (QED) is 0.519. The number of carboxylic acids is 1. The number of anilines is 1. The number of aromatic nitrogens is 2. The van der Waals surface area contributed by atoms with Crippen LogP contribution in [0.5, 0.6) is 5.75 Å². The minimum Gasteiger partial charge on any atom is -0.489 e. The van der Waals surface area contributed by atoms with Gasteiger partial charge in [0, 0.05) is 29.8 Å². The van der Waals surface area contributed by atoms with Crippen LogP contribution in [0.25, 0.3) is 0 Å². The number of carboxylic acid groups (broad SMARTS) is 1. The Morgan fingerprint density at radius 3 is 2.81 bits per heavy atom. The standard InChI is InChI=1S/C23H23BrN4O4/c1-27-19-8-7-17(24)11-20(19)32-14-18(22(27)29)25-10-9-16-13-28(26-21(16)23(30)31)12-15-5-3-2-4-6-15/h2-8,11,13,18,25H,9-10,12,14H2,1H3,(H,30,31). The molecule has 9 heteroatoms. The van der Waals surface area contributed by atoms with E-state index in [4.69, 9.17) is 4.74 Å². The summed E-state index contributed by atoms with van der Waals surface area (Å²) in [5.74, 6) is -0.541. The fourth-order valence-corrected chi connectivity index (χ4v) is 4.02. The first-order chi connectivity index (χ1) is 15.4. The summed E-state index contributed by atoms with van der Waals surface area (Å²) in [4.78, 5) is 26.1. The first-order valence-corrected chi connectivity index (χ1v) is 11.0. The zero-order valence-corrected chi connectivity index (χ0v) is 19.1. The number of likely N-dealkylation sites (N-methyl/N-ethyl adjacent to an activating group) is 1. The van der Waals surface area contributed by atoms with E-state index in [1.165, 1.54) is 0 Å². The van der Waals surface area contributed by atoms with Crippen molar-refractivity contribution < 1.29 is 19.4 Å². The van der Waals surface area contributed by atoms with Crippen molar-refractivity contribution in [3.8, 4) is 5.75 Å². The molecule has 1 aliphatic heterocycles. The second-order valence-electron chi connectivity index (χ2n) is 7.57. The van der Waals surface area contributed by atoms with Crippen molar-refractivity contribution in [3.63, 3.8) is 0 Å². The van der Waals surface area contributed by atoms with E-state index in [-0.39, 0.29) is 18.2 Å². The minimum atomic E-state index is -1.07. The SMILES string of the molecule is CN1C(=O)C(NCCc2cn(Cc3ccccc3)nc2C(=O)O)COc2cc(Br)ccc21. The maximum Gasteiger partial charge on any atom is 0.356 e. The largest absolute Gasteiger partial charge is 0.489 e. The first-order valence-electron chi connectivity index (χ1n) is 10.2. The van der Waals surface area contributed by atoms with Gasteiger partial charge in [0.1, 0.15) is 18.4 Å². The smallest absolute Gasteiger partial charge is 0.356 e. The van der Waals surface area contributed by atoms with Crippen LogP contribution < -0.4 is 15.0 Å². The van der Waals surface area contributed by atoms with Gasteiger partial charge in [-0.2, -0.15) is 5.10 Å². The fourth-order valence-electron chi connectivity index (χ4n) is 3.68. The second-order valence-corrected chi connectivity index (χ2v) is 8.48. The fraction of sp³-hybridized carbons (Fsp3) is 0.261. The van der Waals surface area contributed by atoms with Crippen LogP contribution in [0.1, 0.15) is 21.6 Å². The molecule has 1 atom stereocenters. The van der Waals surface area contributed by atoms with Crippen LogP contribution in [0.3, 0.4) is 0 Å². The maximum atomic E-state index is 12.9. The predicted octanol–water partition coefficient (Wildman–Crippen LogP) is 2.95. The van der Waals surface area contributed by atoms with Crippen LogP contribution in [-0.2, 0) is 17.8 Å². The highest BCUT2D eigenvalue weighted by Crippen LogP contribution is 2.33. The van der Waals surface area contributed by atoms with Gasteiger partial charge in [0.05, 0.1) is 12.2 Å². The molecule has 0 radical (unpaired) electrons. The normalized spacial score (nSPS) is 15.8. The summed E-state index contributed by atoms with van der Waals surface area (Å²) in [6.07, 6.45) is 2.17. The van der Waals surface area contributed by atoms with Crippen LogP contribution in [0.4, 0.5) is 5.69 Å². The third-order valence-corrected chi connectivity index (χ3v) is 5.82. The number of carbonyl (C=O) groups is 2. The maximum absolute atomic E-state index is 12.9. The molecular weight excluding hydrogens is 476 g/mol. The van der Waals surface area contributed by atoms with Gasteiger partial charge in [0.15, 0.2) is 5.69 Å². The van der Waals surface area contributed by atoms with Crippen LogP contribution in [0.15, 0.2) is 59.2 Å². The number of nitrogens with zero attached hydrogens (tertiary/aromatic N) is 3. The zero-order valence-electron chi connectivity index (χ0n) is 17.5. The summed E-state index contributed by atoms with van der Waals surface area (Å²) in [5, 5.41) is 17.0. The highest BCUT2D eigenvalue weighted by Gasteiger charge is 2.29. The Balaban J connectivity index is 1.41. The molecule has 0 saturated carbocycles. The van der Waals surface area contributed by atoms with Gasteiger partial charge in [0.25, 0.3) is 0 Å². The number of carbonyl (C=O) groups excluding carboxylic acids is 1. The molecule has 1 unspecified atom stereocenters. The van der Waals surface area contributed by atoms with E-state index < -0.39 is 12.0 Å². The lowest BCUT2D eigenvalue weighted by molar-refractivity contribution is -0.120. The first kappa shape index (κ1) is 22.0. The summed E-state index contributed by atoms with van der Waals surface area (Å²) >= 11 is 3.42. The van der Waals surface area contributed by atoms with E-state index in [0.717, 1.165) is 10.0 Å². The average molecular weight is 499 g/mol. The van der Waals surface area contributed by atoms with Crippen molar-refractivity contribution in [2.24, 2.45) is 0 Å². The Labute approximate surface area is 193 Å². The van der Waals surface area contributed by atoms with Gasteiger partial charge in [-0.25, -0.2) is 4.79 Å². The molecule has 166 valence electrons. The molecule has 0 aliphatic carbocycles. The molecule has 0 saturated heterocycles. The van der Waals surface area contributed by atoms with E-state index in [1.807, 2.05) is 48.5 Å². The lowest BCUT2D eigenvalue weighted by Crippen LogP contribution is -2.47. The van der Waals surface area contributed by atoms with Crippen molar-refractivity contribution in [2.45, 2.75) is 19.0 Å².